The van der Waals surface area contributed by atoms with Crippen molar-refractivity contribution in [2.75, 3.05) is 18.0 Å². The van der Waals surface area contributed by atoms with Crippen molar-refractivity contribution >= 4 is 23.3 Å². The number of anilines is 2. The number of carbonyl (C=O) groups is 2. The summed E-state index contributed by atoms with van der Waals surface area (Å²) in [5, 5.41) is 9.40. The maximum atomic E-state index is 13.3. The van der Waals surface area contributed by atoms with E-state index in [4.69, 9.17) is 0 Å². The molecule has 1 unspecified atom stereocenters. The summed E-state index contributed by atoms with van der Waals surface area (Å²) in [4.78, 5) is 28.3. The van der Waals surface area contributed by atoms with Gasteiger partial charge < -0.3 is 5.11 Å². The van der Waals surface area contributed by atoms with E-state index in [0.29, 0.717) is 13.0 Å². The van der Waals surface area contributed by atoms with Gasteiger partial charge >= 0.3 is 5.97 Å². The highest BCUT2D eigenvalue weighted by Gasteiger charge is 2.34. The van der Waals surface area contributed by atoms with Crippen molar-refractivity contribution < 1.29 is 14.7 Å². The quantitative estimate of drug-likeness (QED) is 0.924. The minimum atomic E-state index is -0.841. The Bertz CT molecular complexity index is 801. The van der Waals surface area contributed by atoms with Crippen molar-refractivity contribution in [2.24, 2.45) is 0 Å². The van der Waals surface area contributed by atoms with Gasteiger partial charge in [-0.25, -0.2) is 0 Å². The molecule has 2 aliphatic rings. The van der Waals surface area contributed by atoms with Gasteiger partial charge in [0.25, 0.3) is 0 Å². The number of carbonyl (C=O) groups excluding carboxylic acids is 1. The number of carboxylic acid groups (broad SMARTS) is 1. The highest BCUT2D eigenvalue weighted by Crippen LogP contribution is 2.36. The summed E-state index contributed by atoms with van der Waals surface area (Å²) < 4.78 is 0. The van der Waals surface area contributed by atoms with E-state index in [-0.39, 0.29) is 12.5 Å². The molecule has 0 bridgehead atoms. The van der Waals surface area contributed by atoms with Crippen molar-refractivity contribution in [1.82, 2.24) is 4.90 Å². The first-order valence-corrected chi connectivity index (χ1v) is 9.11. The predicted octanol–water partition coefficient (Wildman–Crippen LogP) is 3.00. The first-order chi connectivity index (χ1) is 12.6. The monoisotopic (exact) mass is 350 g/mol. The fourth-order valence-electron chi connectivity index (χ4n) is 4.09. The highest BCUT2D eigenvalue weighted by molar-refractivity contribution is 6.03. The van der Waals surface area contributed by atoms with Crippen LogP contribution in [0.15, 0.2) is 48.5 Å². The zero-order chi connectivity index (χ0) is 18.1. The topological polar surface area (TPSA) is 60.9 Å². The van der Waals surface area contributed by atoms with Crippen LogP contribution in [0.4, 0.5) is 11.4 Å². The van der Waals surface area contributed by atoms with Crippen LogP contribution in [0.1, 0.15) is 24.0 Å². The van der Waals surface area contributed by atoms with E-state index in [1.54, 1.807) is 9.80 Å². The van der Waals surface area contributed by atoms with Crippen LogP contribution in [0.25, 0.3) is 0 Å². The van der Waals surface area contributed by atoms with Crippen molar-refractivity contribution in [2.45, 2.75) is 31.7 Å². The fraction of sp³-hybridized carbons (Fsp3) is 0.333. The van der Waals surface area contributed by atoms with Crippen molar-refractivity contribution in [3.05, 3.63) is 59.7 Å². The summed E-state index contributed by atoms with van der Waals surface area (Å²) in [6.45, 7) is 0.777. The largest absolute Gasteiger partial charge is 0.480 e. The van der Waals surface area contributed by atoms with Gasteiger partial charge in [-0.3, -0.25) is 19.4 Å². The number of carboxylic acids is 1. The van der Waals surface area contributed by atoms with Gasteiger partial charge in [0.1, 0.15) is 6.04 Å². The van der Waals surface area contributed by atoms with E-state index in [0.717, 1.165) is 41.8 Å². The molecule has 1 fully saturated rings. The van der Waals surface area contributed by atoms with Gasteiger partial charge in [-0.05, 0) is 55.5 Å². The number of amides is 1. The fourth-order valence-corrected chi connectivity index (χ4v) is 4.09. The molecule has 1 amide bonds. The number of hydrogen-bond acceptors (Lipinski definition) is 3. The predicted molar refractivity (Wildman–Crippen MR) is 99.7 cm³/mol. The van der Waals surface area contributed by atoms with Gasteiger partial charge in [0.05, 0.1) is 17.9 Å². The third kappa shape index (κ3) is 2.99. The Kier molecular flexibility index (Phi) is 4.47. The van der Waals surface area contributed by atoms with E-state index in [9.17, 15) is 14.7 Å². The average Bonchev–Trinajstić information content (AvgIpc) is 3.03. The smallest absolute Gasteiger partial charge is 0.320 e. The van der Waals surface area contributed by atoms with Gasteiger partial charge in [0.15, 0.2) is 0 Å². The minimum absolute atomic E-state index is 0.0695. The molecule has 0 spiro atoms. The van der Waals surface area contributed by atoms with Gasteiger partial charge in [0, 0.05) is 0 Å². The number of aliphatic carboxylic acids is 1. The third-order valence-corrected chi connectivity index (χ3v) is 5.37. The number of nitrogens with zero attached hydrogens (tertiary/aromatic N) is 2. The average molecular weight is 350 g/mol. The molecule has 4 rings (SSSR count). The molecule has 1 N–H and O–H groups in total. The minimum Gasteiger partial charge on any atom is -0.480 e. The van der Waals surface area contributed by atoms with Crippen LogP contribution >= 0.6 is 0 Å². The molecule has 134 valence electrons. The summed E-state index contributed by atoms with van der Waals surface area (Å²) >= 11 is 0. The molecule has 1 saturated heterocycles. The van der Waals surface area contributed by atoms with Gasteiger partial charge in [-0.15, -0.1) is 0 Å². The summed E-state index contributed by atoms with van der Waals surface area (Å²) in [5.41, 5.74) is 4.11. The van der Waals surface area contributed by atoms with E-state index >= 15 is 0 Å². The lowest BCUT2D eigenvalue weighted by atomic mass is 10.0. The molecule has 2 heterocycles. The number of likely N-dealkylation sites (tertiary alicyclic amines) is 1. The van der Waals surface area contributed by atoms with Crippen molar-refractivity contribution in [1.29, 1.82) is 0 Å². The maximum Gasteiger partial charge on any atom is 0.320 e. The second-order valence-electron chi connectivity index (χ2n) is 6.95. The molecule has 0 aliphatic carbocycles. The van der Waals surface area contributed by atoms with Gasteiger partial charge in [-0.2, -0.15) is 0 Å². The number of benzene rings is 2. The third-order valence-electron chi connectivity index (χ3n) is 5.37. The first-order valence-electron chi connectivity index (χ1n) is 9.11. The lowest BCUT2D eigenvalue weighted by Gasteiger charge is -2.28. The van der Waals surface area contributed by atoms with Crippen LogP contribution in [-0.2, 0) is 22.4 Å². The second-order valence-corrected chi connectivity index (χ2v) is 6.95. The molecular weight excluding hydrogens is 328 g/mol. The van der Waals surface area contributed by atoms with Crippen LogP contribution in [0.5, 0.6) is 0 Å². The Morgan fingerprint density at radius 1 is 0.962 bits per heavy atom. The molecule has 5 heteroatoms. The zero-order valence-electron chi connectivity index (χ0n) is 14.6. The van der Waals surface area contributed by atoms with Crippen molar-refractivity contribution in [3.63, 3.8) is 0 Å². The Balaban J connectivity index is 1.70. The normalized spacial score (nSPS) is 19.5. The Morgan fingerprint density at radius 2 is 1.54 bits per heavy atom. The molecule has 26 heavy (non-hydrogen) atoms. The van der Waals surface area contributed by atoms with Gasteiger partial charge in [0.2, 0.25) is 5.91 Å². The standard InChI is InChI=1S/C21H22N2O3/c24-20(14-22-13-5-10-19(22)21(25)26)23-17-8-3-1-6-15(17)11-12-16-7-2-4-9-18(16)23/h1-4,6-9,19H,5,10-14H2,(H,25,26). The Morgan fingerprint density at radius 3 is 2.12 bits per heavy atom. The molecule has 0 aromatic heterocycles. The SMILES string of the molecule is O=C(O)C1CCCN1CC(=O)N1c2ccccc2CCc2ccccc21. The zero-order valence-corrected chi connectivity index (χ0v) is 14.6. The Hall–Kier alpha value is -2.66. The summed E-state index contributed by atoms with van der Waals surface area (Å²) in [7, 11) is 0. The van der Waals surface area contributed by atoms with E-state index in [1.807, 2.05) is 36.4 Å². The van der Waals surface area contributed by atoms with Crippen LogP contribution in [0.3, 0.4) is 0 Å². The van der Waals surface area contributed by atoms with Gasteiger partial charge in [-0.1, -0.05) is 36.4 Å². The number of aryl methyl sites for hydroxylation is 2. The molecule has 0 saturated carbocycles. The lowest BCUT2D eigenvalue weighted by molar-refractivity contribution is -0.142. The Labute approximate surface area is 152 Å². The van der Waals surface area contributed by atoms with E-state index in [1.165, 1.54) is 0 Å². The molecule has 2 aromatic rings. The summed E-state index contributed by atoms with van der Waals surface area (Å²) in [6, 6.07) is 15.4. The molecule has 2 aliphatic heterocycles. The van der Waals surface area contributed by atoms with Crippen LogP contribution in [0.2, 0.25) is 0 Å². The second kappa shape index (κ2) is 6.92. The molecule has 2 aromatic carbocycles. The summed E-state index contributed by atoms with van der Waals surface area (Å²) in [6.07, 6.45) is 3.20. The van der Waals surface area contributed by atoms with Crippen LogP contribution in [-0.4, -0.2) is 41.0 Å². The highest BCUT2D eigenvalue weighted by atomic mass is 16.4. The van der Waals surface area contributed by atoms with Crippen LogP contribution < -0.4 is 4.90 Å². The number of fused-ring (bicyclic) bond motifs is 2. The molecule has 1 atom stereocenters. The first kappa shape index (κ1) is 16.8. The lowest BCUT2D eigenvalue weighted by Crippen LogP contribution is -2.43. The number of hydrogen-bond donors (Lipinski definition) is 1. The van der Waals surface area contributed by atoms with Crippen molar-refractivity contribution in [3.8, 4) is 0 Å². The number of para-hydroxylation sites is 2. The van der Waals surface area contributed by atoms with Crippen LogP contribution in [0, 0.1) is 0 Å². The molecular formula is C21H22N2O3. The maximum absolute atomic E-state index is 13.3. The summed E-state index contributed by atoms with van der Waals surface area (Å²) in [5.74, 6) is -0.910. The van der Waals surface area contributed by atoms with E-state index in [2.05, 4.69) is 12.1 Å². The molecule has 0 radical (unpaired) electrons. The number of rotatable bonds is 3. The van der Waals surface area contributed by atoms with E-state index < -0.39 is 12.0 Å². The molecule has 5 nitrogen and oxygen atoms in total.